The quantitative estimate of drug-likeness (QED) is 0.903. The topological polar surface area (TPSA) is 47.3 Å². The minimum absolute atomic E-state index is 0.566. The van der Waals surface area contributed by atoms with Crippen LogP contribution in [-0.4, -0.2) is 6.54 Å². The van der Waals surface area contributed by atoms with Gasteiger partial charge >= 0.3 is 0 Å². The summed E-state index contributed by atoms with van der Waals surface area (Å²) in [5, 5.41) is 3.18. The normalized spacial score (nSPS) is 13.9. The summed E-state index contributed by atoms with van der Waals surface area (Å²) >= 11 is 0. The van der Waals surface area contributed by atoms with E-state index in [1.165, 1.54) is 0 Å². The van der Waals surface area contributed by atoms with Crippen molar-refractivity contribution in [3.8, 4) is 5.75 Å². The molecule has 2 aromatic rings. The molecule has 21 heavy (non-hydrogen) atoms. The van der Waals surface area contributed by atoms with E-state index in [1.54, 1.807) is 0 Å². The van der Waals surface area contributed by atoms with Crippen molar-refractivity contribution < 1.29 is 4.74 Å². The second kappa shape index (κ2) is 6.18. The third-order valence-electron chi connectivity index (χ3n) is 3.44. The van der Waals surface area contributed by atoms with Crippen LogP contribution in [0.5, 0.6) is 5.75 Å². The van der Waals surface area contributed by atoms with Gasteiger partial charge < -0.3 is 15.8 Å². The molecule has 3 nitrogen and oxygen atoms in total. The summed E-state index contributed by atoms with van der Waals surface area (Å²) in [6.45, 7) is 1.31. The Morgan fingerprint density at radius 3 is 2.71 bits per heavy atom. The molecular weight excluding hydrogens is 260 g/mol. The van der Waals surface area contributed by atoms with Crippen LogP contribution in [-0.2, 0) is 6.61 Å². The number of nitrogens with two attached hydrogens (primary N) is 1. The molecule has 0 fully saturated rings. The lowest BCUT2D eigenvalue weighted by Gasteiger charge is -2.15. The van der Waals surface area contributed by atoms with Crippen LogP contribution in [0.3, 0.4) is 0 Å². The summed E-state index contributed by atoms with van der Waals surface area (Å²) in [6, 6.07) is 18.2. The predicted molar refractivity (Wildman–Crippen MR) is 85.5 cm³/mol. The second-order valence-electron chi connectivity index (χ2n) is 4.95. The Morgan fingerprint density at radius 2 is 1.90 bits per heavy atom. The third kappa shape index (κ3) is 3.26. The number of benzene rings is 2. The number of hydrogen-bond acceptors (Lipinski definition) is 3. The van der Waals surface area contributed by atoms with Gasteiger partial charge in [0.05, 0.1) is 0 Å². The zero-order valence-electron chi connectivity index (χ0n) is 11.8. The number of ether oxygens (including phenoxy) is 1. The lowest BCUT2D eigenvalue weighted by molar-refractivity contribution is 0.306. The monoisotopic (exact) mass is 278 g/mol. The fourth-order valence-corrected chi connectivity index (χ4v) is 2.30. The Balaban J connectivity index is 1.76. The van der Waals surface area contributed by atoms with E-state index >= 15 is 0 Å². The molecule has 0 aliphatic carbocycles. The largest absolute Gasteiger partial charge is 0.489 e. The molecule has 0 saturated carbocycles. The van der Waals surface area contributed by atoms with Crippen LogP contribution >= 0.6 is 0 Å². The first-order valence-electron chi connectivity index (χ1n) is 6.98. The van der Waals surface area contributed by atoms with Crippen LogP contribution in [0.25, 0.3) is 5.57 Å². The Kier molecular flexibility index (Phi) is 3.92. The van der Waals surface area contributed by atoms with Gasteiger partial charge in [-0.1, -0.05) is 42.5 Å². The molecule has 0 amide bonds. The molecular formula is C18H18N2O. The van der Waals surface area contributed by atoms with Crippen LogP contribution in [0.2, 0.25) is 0 Å². The third-order valence-corrected chi connectivity index (χ3v) is 3.44. The molecule has 0 radical (unpaired) electrons. The molecule has 1 aliphatic heterocycles. The van der Waals surface area contributed by atoms with E-state index in [0.717, 1.165) is 34.7 Å². The van der Waals surface area contributed by atoms with Crippen molar-refractivity contribution in [3.05, 3.63) is 83.7 Å². The van der Waals surface area contributed by atoms with E-state index in [1.807, 2.05) is 48.7 Å². The van der Waals surface area contributed by atoms with Crippen LogP contribution < -0.4 is 15.8 Å². The van der Waals surface area contributed by atoms with Gasteiger partial charge in [0.15, 0.2) is 0 Å². The maximum absolute atomic E-state index is 6.04. The second-order valence-corrected chi connectivity index (χ2v) is 4.95. The number of rotatable bonds is 4. The maximum Gasteiger partial charge on any atom is 0.120 e. The fourth-order valence-electron chi connectivity index (χ4n) is 2.30. The van der Waals surface area contributed by atoms with Gasteiger partial charge in [-0.05, 0) is 35.5 Å². The molecule has 0 bridgehead atoms. The molecule has 0 unspecified atom stereocenters. The summed E-state index contributed by atoms with van der Waals surface area (Å²) < 4.78 is 5.86. The lowest BCUT2D eigenvalue weighted by Crippen LogP contribution is -2.17. The molecule has 1 aliphatic rings. The van der Waals surface area contributed by atoms with Crippen molar-refractivity contribution in [1.82, 2.24) is 5.32 Å². The molecule has 3 N–H and O–H groups in total. The maximum atomic E-state index is 6.04. The van der Waals surface area contributed by atoms with Gasteiger partial charge in [-0.3, -0.25) is 0 Å². The summed E-state index contributed by atoms with van der Waals surface area (Å²) in [6.07, 6.45) is 3.75. The number of allylic oxidation sites excluding steroid dienone is 1. The summed E-state index contributed by atoms with van der Waals surface area (Å²) in [5.41, 5.74) is 10.2. The minimum Gasteiger partial charge on any atom is -0.489 e. The van der Waals surface area contributed by atoms with E-state index in [2.05, 4.69) is 23.5 Å². The first-order chi connectivity index (χ1) is 10.3. The Labute approximate surface area is 124 Å². The van der Waals surface area contributed by atoms with E-state index in [9.17, 15) is 0 Å². The van der Waals surface area contributed by atoms with Crippen LogP contribution in [0.1, 0.15) is 11.1 Å². The molecule has 3 heteroatoms. The van der Waals surface area contributed by atoms with Crippen molar-refractivity contribution in [1.29, 1.82) is 0 Å². The summed E-state index contributed by atoms with van der Waals surface area (Å²) in [5.74, 6) is 0.853. The van der Waals surface area contributed by atoms with Gasteiger partial charge in [0.1, 0.15) is 12.4 Å². The zero-order chi connectivity index (χ0) is 14.5. The highest BCUT2D eigenvalue weighted by molar-refractivity contribution is 5.73. The first kappa shape index (κ1) is 13.3. The van der Waals surface area contributed by atoms with Gasteiger partial charge in [-0.2, -0.15) is 0 Å². The highest BCUT2D eigenvalue weighted by Gasteiger charge is 2.09. The molecule has 2 aromatic carbocycles. The SMILES string of the molecule is NC1=C(c2cccc(OCc3ccccc3)c2)CNC=C1. The van der Waals surface area contributed by atoms with E-state index < -0.39 is 0 Å². The van der Waals surface area contributed by atoms with Crippen molar-refractivity contribution in [2.75, 3.05) is 6.54 Å². The molecule has 0 saturated heterocycles. The van der Waals surface area contributed by atoms with E-state index in [-0.39, 0.29) is 0 Å². The molecule has 0 atom stereocenters. The van der Waals surface area contributed by atoms with Gasteiger partial charge in [-0.15, -0.1) is 0 Å². The predicted octanol–water partition coefficient (Wildman–Crippen LogP) is 3.05. The highest BCUT2D eigenvalue weighted by Crippen LogP contribution is 2.23. The minimum atomic E-state index is 0.566. The Bertz CT molecular complexity index is 675. The van der Waals surface area contributed by atoms with Gasteiger partial charge in [-0.25, -0.2) is 0 Å². The fraction of sp³-hybridized carbons (Fsp3) is 0.111. The Hall–Kier alpha value is -2.68. The summed E-state index contributed by atoms with van der Waals surface area (Å²) in [4.78, 5) is 0. The molecule has 0 spiro atoms. The van der Waals surface area contributed by atoms with Crippen molar-refractivity contribution in [2.45, 2.75) is 6.61 Å². The lowest BCUT2D eigenvalue weighted by atomic mass is 10.0. The van der Waals surface area contributed by atoms with Crippen LogP contribution in [0.4, 0.5) is 0 Å². The molecule has 3 rings (SSSR count). The zero-order valence-corrected chi connectivity index (χ0v) is 11.8. The smallest absolute Gasteiger partial charge is 0.120 e. The van der Waals surface area contributed by atoms with Gasteiger partial charge in [0.25, 0.3) is 0 Å². The molecule has 1 heterocycles. The van der Waals surface area contributed by atoms with Crippen molar-refractivity contribution in [3.63, 3.8) is 0 Å². The van der Waals surface area contributed by atoms with Crippen molar-refractivity contribution in [2.24, 2.45) is 5.73 Å². The van der Waals surface area contributed by atoms with Gasteiger partial charge in [0.2, 0.25) is 0 Å². The molecule has 106 valence electrons. The van der Waals surface area contributed by atoms with Crippen molar-refractivity contribution >= 4 is 5.57 Å². The number of nitrogens with one attached hydrogen (secondary N) is 1. The van der Waals surface area contributed by atoms with E-state index in [0.29, 0.717) is 6.61 Å². The molecule has 0 aromatic heterocycles. The van der Waals surface area contributed by atoms with Gasteiger partial charge in [0, 0.05) is 17.8 Å². The Morgan fingerprint density at radius 1 is 1.05 bits per heavy atom. The standard InChI is InChI=1S/C18H18N2O/c19-18-9-10-20-12-17(18)15-7-4-8-16(11-15)21-13-14-5-2-1-3-6-14/h1-11,20H,12-13,19H2. The van der Waals surface area contributed by atoms with Crippen LogP contribution in [0, 0.1) is 0 Å². The average molecular weight is 278 g/mol. The van der Waals surface area contributed by atoms with E-state index in [4.69, 9.17) is 10.5 Å². The number of hydrogen-bond donors (Lipinski definition) is 2. The number of dihydropyridines is 1. The summed E-state index contributed by atoms with van der Waals surface area (Å²) in [7, 11) is 0. The first-order valence-corrected chi connectivity index (χ1v) is 6.98. The average Bonchev–Trinajstić information content (AvgIpc) is 2.55. The highest BCUT2D eigenvalue weighted by atomic mass is 16.5. The van der Waals surface area contributed by atoms with Crippen LogP contribution in [0.15, 0.2) is 72.6 Å².